The maximum absolute atomic E-state index is 11.2. The summed E-state index contributed by atoms with van der Waals surface area (Å²) in [7, 11) is -3.12. The van der Waals surface area contributed by atoms with Crippen molar-refractivity contribution in [2.75, 3.05) is 11.5 Å². The number of sulfone groups is 1. The van der Waals surface area contributed by atoms with Gasteiger partial charge in [-0.15, -0.1) is 0 Å². The van der Waals surface area contributed by atoms with Crippen LogP contribution in [0.3, 0.4) is 0 Å². The average molecular weight is 236 g/mol. The first-order valence-corrected chi connectivity index (χ1v) is 6.59. The molecule has 1 rings (SSSR count). The first kappa shape index (κ1) is 12.4. The van der Waals surface area contributed by atoms with E-state index in [0.29, 0.717) is 0 Å². The van der Waals surface area contributed by atoms with E-state index in [9.17, 15) is 18.3 Å². The molecule has 0 saturated carbocycles. The fourth-order valence-corrected chi connectivity index (χ4v) is 3.50. The van der Waals surface area contributed by atoms with Crippen LogP contribution in [0.2, 0.25) is 0 Å². The lowest BCUT2D eigenvalue weighted by Crippen LogP contribution is -2.53. The van der Waals surface area contributed by atoms with Gasteiger partial charge in [0.2, 0.25) is 0 Å². The van der Waals surface area contributed by atoms with Gasteiger partial charge in [-0.05, 0) is 26.7 Å². The van der Waals surface area contributed by atoms with Crippen LogP contribution in [-0.4, -0.2) is 41.7 Å². The van der Waals surface area contributed by atoms with E-state index in [2.05, 4.69) is 0 Å². The molecule has 0 aromatic rings. The van der Waals surface area contributed by atoms with Crippen molar-refractivity contribution in [2.45, 2.75) is 32.3 Å². The topological polar surface area (TPSA) is 91.7 Å². The Morgan fingerprint density at radius 1 is 1.27 bits per heavy atom. The number of carbonyl (C=O) groups is 1. The lowest BCUT2D eigenvalue weighted by molar-refractivity contribution is -0.166. The largest absolute Gasteiger partial charge is 0.481 e. The maximum Gasteiger partial charge on any atom is 0.312 e. The van der Waals surface area contributed by atoms with Crippen LogP contribution >= 0.6 is 0 Å². The molecule has 1 aliphatic rings. The third-order valence-electron chi connectivity index (χ3n) is 3.26. The SMILES string of the molecule is CC(C)(O)C1(C(=O)O)CCS(=O)(=O)CC1. The molecule has 15 heavy (non-hydrogen) atoms. The molecule has 1 aliphatic heterocycles. The lowest BCUT2D eigenvalue weighted by Gasteiger charge is -2.42. The highest BCUT2D eigenvalue weighted by atomic mass is 32.2. The molecular weight excluding hydrogens is 220 g/mol. The van der Waals surface area contributed by atoms with Crippen LogP contribution in [0.25, 0.3) is 0 Å². The molecule has 0 radical (unpaired) electrons. The van der Waals surface area contributed by atoms with Gasteiger partial charge in [0.15, 0.2) is 0 Å². The second-order valence-electron chi connectivity index (χ2n) is 4.60. The molecule has 0 spiro atoms. The van der Waals surface area contributed by atoms with Crippen LogP contribution in [-0.2, 0) is 14.6 Å². The van der Waals surface area contributed by atoms with E-state index < -0.39 is 26.8 Å². The van der Waals surface area contributed by atoms with E-state index >= 15 is 0 Å². The van der Waals surface area contributed by atoms with Gasteiger partial charge in [0.25, 0.3) is 0 Å². The van der Waals surface area contributed by atoms with E-state index in [4.69, 9.17) is 5.11 Å². The summed E-state index contributed by atoms with van der Waals surface area (Å²) in [6, 6.07) is 0. The molecule has 0 aliphatic carbocycles. The van der Waals surface area contributed by atoms with Gasteiger partial charge in [-0.2, -0.15) is 0 Å². The third-order valence-corrected chi connectivity index (χ3v) is 4.91. The minimum Gasteiger partial charge on any atom is -0.481 e. The molecule has 88 valence electrons. The molecule has 6 heteroatoms. The second kappa shape index (κ2) is 3.45. The summed E-state index contributed by atoms with van der Waals surface area (Å²) in [5.74, 6) is -1.45. The Hall–Kier alpha value is -0.620. The molecule has 1 heterocycles. The molecule has 0 unspecified atom stereocenters. The van der Waals surface area contributed by atoms with Crippen molar-refractivity contribution < 1.29 is 23.4 Å². The molecule has 1 fully saturated rings. The van der Waals surface area contributed by atoms with Crippen molar-refractivity contribution in [3.05, 3.63) is 0 Å². The van der Waals surface area contributed by atoms with Crippen molar-refractivity contribution in [3.8, 4) is 0 Å². The first-order chi connectivity index (χ1) is 6.61. The van der Waals surface area contributed by atoms with Crippen molar-refractivity contribution >= 4 is 15.8 Å². The number of carboxylic acid groups (broad SMARTS) is 1. The summed E-state index contributed by atoms with van der Waals surface area (Å²) >= 11 is 0. The van der Waals surface area contributed by atoms with Gasteiger partial charge in [-0.1, -0.05) is 0 Å². The fourth-order valence-electron chi connectivity index (χ4n) is 1.97. The Morgan fingerprint density at radius 3 is 1.93 bits per heavy atom. The second-order valence-corrected chi connectivity index (χ2v) is 6.90. The van der Waals surface area contributed by atoms with Crippen molar-refractivity contribution in [2.24, 2.45) is 5.41 Å². The summed E-state index contributed by atoms with van der Waals surface area (Å²) in [5, 5.41) is 19.0. The van der Waals surface area contributed by atoms with Crippen LogP contribution < -0.4 is 0 Å². The molecule has 0 aromatic heterocycles. The smallest absolute Gasteiger partial charge is 0.312 e. The number of aliphatic hydroxyl groups is 1. The standard InChI is InChI=1S/C9H16O5S/c1-8(2,12)9(7(10)11)3-5-15(13,14)6-4-9/h12H,3-6H2,1-2H3,(H,10,11). The Bertz CT molecular complexity index is 348. The summed E-state index contributed by atoms with van der Waals surface area (Å²) in [6.45, 7) is 2.83. The van der Waals surface area contributed by atoms with Gasteiger partial charge >= 0.3 is 5.97 Å². The number of carboxylic acids is 1. The van der Waals surface area contributed by atoms with Crippen LogP contribution in [0, 0.1) is 5.41 Å². The zero-order chi connectivity index (χ0) is 11.9. The van der Waals surface area contributed by atoms with E-state index in [1.165, 1.54) is 13.8 Å². The van der Waals surface area contributed by atoms with E-state index in [1.807, 2.05) is 0 Å². The normalized spacial score (nSPS) is 24.7. The van der Waals surface area contributed by atoms with Crippen LogP contribution in [0.15, 0.2) is 0 Å². The third kappa shape index (κ3) is 2.15. The van der Waals surface area contributed by atoms with Crippen molar-refractivity contribution in [1.29, 1.82) is 0 Å². The van der Waals surface area contributed by atoms with Crippen LogP contribution in [0.4, 0.5) is 0 Å². The Balaban J connectivity index is 3.04. The Kier molecular flexibility index (Phi) is 2.86. The highest BCUT2D eigenvalue weighted by Gasteiger charge is 2.53. The molecule has 0 bridgehead atoms. The van der Waals surface area contributed by atoms with Gasteiger partial charge in [0, 0.05) is 0 Å². The van der Waals surface area contributed by atoms with Crippen molar-refractivity contribution in [3.63, 3.8) is 0 Å². The fraction of sp³-hybridized carbons (Fsp3) is 0.889. The summed E-state index contributed by atoms with van der Waals surface area (Å²) in [4.78, 5) is 11.2. The molecular formula is C9H16O5S. The lowest BCUT2D eigenvalue weighted by atomic mass is 9.69. The quantitative estimate of drug-likeness (QED) is 0.706. The predicted octanol–water partition coefficient (Wildman–Crippen LogP) is 0.0369. The number of rotatable bonds is 2. The van der Waals surface area contributed by atoms with Gasteiger partial charge in [0.1, 0.15) is 9.84 Å². The van der Waals surface area contributed by atoms with E-state index in [1.54, 1.807) is 0 Å². The number of hydrogen-bond donors (Lipinski definition) is 2. The minimum absolute atomic E-state index is 0.0197. The Morgan fingerprint density at radius 2 is 1.67 bits per heavy atom. The average Bonchev–Trinajstić information content (AvgIpc) is 2.01. The number of hydrogen-bond acceptors (Lipinski definition) is 4. The van der Waals surface area contributed by atoms with Crippen LogP contribution in [0.1, 0.15) is 26.7 Å². The zero-order valence-electron chi connectivity index (χ0n) is 8.86. The summed E-state index contributed by atoms with van der Waals surface area (Å²) < 4.78 is 22.4. The molecule has 5 nitrogen and oxygen atoms in total. The minimum atomic E-state index is -3.12. The van der Waals surface area contributed by atoms with Crippen molar-refractivity contribution in [1.82, 2.24) is 0 Å². The number of aliphatic carboxylic acids is 1. The zero-order valence-corrected chi connectivity index (χ0v) is 9.67. The maximum atomic E-state index is 11.2. The summed E-state index contributed by atoms with van der Waals surface area (Å²) in [5.41, 5.74) is -2.74. The molecule has 0 amide bonds. The molecule has 2 N–H and O–H groups in total. The predicted molar refractivity (Wildman–Crippen MR) is 54.3 cm³/mol. The van der Waals surface area contributed by atoms with Gasteiger partial charge < -0.3 is 10.2 Å². The van der Waals surface area contributed by atoms with E-state index in [0.717, 1.165) is 0 Å². The highest BCUT2D eigenvalue weighted by molar-refractivity contribution is 7.91. The molecule has 1 saturated heterocycles. The highest BCUT2D eigenvalue weighted by Crippen LogP contribution is 2.42. The van der Waals surface area contributed by atoms with Gasteiger partial charge in [0.05, 0.1) is 22.5 Å². The molecule has 0 atom stereocenters. The summed E-state index contributed by atoms with van der Waals surface area (Å²) in [6.07, 6.45) is -0.0394. The Labute approximate surface area is 89.0 Å². The van der Waals surface area contributed by atoms with Gasteiger partial charge in [-0.25, -0.2) is 8.42 Å². The monoisotopic (exact) mass is 236 g/mol. The molecule has 0 aromatic carbocycles. The van der Waals surface area contributed by atoms with E-state index in [-0.39, 0.29) is 24.3 Å². The van der Waals surface area contributed by atoms with Gasteiger partial charge in [-0.3, -0.25) is 4.79 Å². The first-order valence-electron chi connectivity index (χ1n) is 4.77. The van der Waals surface area contributed by atoms with Crippen LogP contribution in [0.5, 0.6) is 0 Å².